The molecule has 280 valence electrons. The van der Waals surface area contributed by atoms with Crippen molar-refractivity contribution in [3.05, 3.63) is 71.4 Å². The molecule has 2 saturated heterocycles. The quantitative estimate of drug-likeness (QED) is 0.207. The monoisotopic (exact) mass is 733 g/mol. The van der Waals surface area contributed by atoms with Crippen LogP contribution in [-0.4, -0.2) is 86.9 Å². The van der Waals surface area contributed by atoms with Crippen molar-refractivity contribution < 1.29 is 32.7 Å². The molecular formula is C37H42F3N9O4. The van der Waals surface area contributed by atoms with Gasteiger partial charge in [0.25, 0.3) is 5.91 Å². The number of carbonyl (C=O) groups excluding carboxylic acids is 3. The second-order valence-corrected chi connectivity index (χ2v) is 14.1. The molecule has 16 heteroatoms. The molecule has 1 saturated carbocycles. The van der Waals surface area contributed by atoms with Gasteiger partial charge in [0.2, 0.25) is 11.9 Å². The third-order valence-electron chi connectivity index (χ3n) is 10.7. The first kappa shape index (κ1) is 36.3. The Morgan fingerprint density at radius 3 is 2.43 bits per heavy atom. The highest BCUT2D eigenvalue weighted by molar-refractivity contribution is 6.05. The molecule has 2 aromatic heterocycles. The molecule has 2 aromatic carbocycles. The van der Waals surface area contributed by atoms with Gasteiger partial charge in [0, 0.05) is 62.5 Å². The molecule has 0 atom stereocenters. The van der Waals surface area contributed by atoms with Gasteiger partial charge >= 0.3 is 12.2 Å². The summed E-state index contributed by atoms with van der Waals surface area (Å²) in [7, 11) is 2.06. The fourth-order valence-corrected chi connectivity index (χ4v) is 7.65. The SMILES string of the molecule is CN(Cc1ccc(N2CCC(=O)NC2=O)nn1)C1CCN(c2ccc3nc(NC(=O)c4cccc(C(F)(F)F)c4)n(C4CCC(CO)CC4)c3c2)CC1. The molecule has 1 aliphatic carbocycles. The van der Waals surface area contributed by atoms with E-state index < -0.39 is 23.7 Å². The first-order chi connectivity index (χ1) is 25.5. The summed E-state index contributed by atoms with van der Waals surface area (Å²) in [5.41, 5.74) is 2.30. The van der Waals surface area contributed by atoms with Gasteiger partial charge < -0.3 is 14.6 Å². The number of urea groups is 1. The minimum absolute atomic E-state index is 0.00683. The van der Waals surface area contributed by atoms with Crippen LogP contribution in [0.1, 0.15) is 72.6 Å². The van der Waals surface area contributed by atoms with Gasteiger partial charge in [-0.1, -0.05) is 6.07 Å². The number of nitrogens with one attached hydrogen (secondary N) is 2. The van der Waals surface area contributed by atoms with Crippen molar-refractivity contribution >= 4 is 46.3 Å². The average Bonchev–Trinajstić information content (AvgIpc) is 3.52. The van der Waals surface area contributed by atoms with Gasteiger partial charge in [-0.2, -0.15) is 18.3 Å². The van der Waals surface area contributed by atoms with E-state index in [2.05, 4.69) is 43.7 Å². The van der Waals surface area contributed by atoms with Gasteiger partial charge in [-0.3, -0.25) is 30.0 Å². The predicted octanol–water partition coefficient (Wildman–Crippen LogP) is 5.37. The molecule has 53 heavy (non-hydrogen) atoms. The van der Waals surface area contributed by atoms with Crippen LogP contribution in [0.3, 0.4) is 0 Å². The molecule has 4 heterocycles. The number of rotatable bonds is 9. The van der Waals surface area contributed by atoms with E-state index >= 15 is 0 Å². The van der Waals surface area contributed by atoms with Crippen molar-refractivity contribution in [2.45, 2.75) is 69.8 Å². The van der Waals surface area contributed by atoms with Gasteiger partial charge in [-0.15, -0.1) is 5.10 Å². The lowest BCUT2D eigenvalue weighted by Crippen LogP contribution is -2.50. The number of imide groups is 1. The van der Waals surface area contributed by atoms with E-state index in [9.17, 15) is 32.7 Å². The number of hydrogen-bond donors (Lipinski definition) is 3. The molecule has 13 nitrogen and oxygen atoms in total. The van der Waals surface area contributed by atoms with Gasteiger partial charge in [0.15, 0.2) is 5.82 Å². The van der Waals surface area contributed by atoms with E-state index in [1.807, 2.05) is 22.8 Å². The van der Waals surface area contributed by atoms with Crippen molar-refractivity contribution in [1.29, 1.82) is 0 Å². The van der Waals surface area contributed by atoms with Crippen LogP contribution < -0.4 is 20.4 Å². The normalized spacial score (nSPS) is 20.3. The number of nitrogens with zero attached hydrogens (tertiary/aromatic N) is 7. The second-order valence-electron chi connectivity index (χ2n) is 14.1. The number of aromatic nitrogens is 4. The lowest BCUT2D eigenvalue weighted by Gasteiger charge is -2.38. The number of carbonyl (C=O) groups is 3. The smallest absolute Gasteiger partial charge is 0.396 e. The molecule has 3 N–H and O–H groups in total. The lowest BCUT2D eigenvalue weighted by molar-refractivity contribution is -0.137. The van der Waals surface area contributed by atoms with Crippen LogP contribution in [0, 0.1) is 5.92 Å². The van der Waals surface area contributed by atoms with Gasteiger partial charge in [-0.25, -0.2) is 9.78 Å². The number of hydrogen-bond acceptors (Lipinski definition) is 9. The van der Waals surface area contributed by atoms with Crippen molar-refractivity contribution in [2.24, 2.45) is 5.92 Å². The van der Waals surface area contributed by atoms with Crippen LogP contribution in [0.4, 0.5) is 35.4 Å². The number of piperidine rings is 1. The summed E-state index contributed by atoms with van der Waals surface area (Å²) in [6.45, 7) is 2.58. The van der Waals surface area contributed by atoms with E-state index in [0.29, 0.717) is 23.9 Å². The fraction of sp³-hybridized carbons (Fsp3) is 0.459. The lowest BCUT2D eigenvalue weighted by atomic mass is 9.86. The highest BCUT2D eigenvalue weighted by Crippen LogP contribution is 2.38. The fourth-order valence-electron chi connectivity index (χ4n) is 7.65. The Balaban J connectivity index is 1.04. The Kier molecular flexibility index (Phi) is 10.3. The Hall–Kier alpha value is -5.09. The number of halogens is 3. The highest BCUT2D eigenvalue weighted by Gasteiger charge is 2.32. The molecule has 0 spiro atoms. The van der Waals surface area contributed by atoms with Crippen molar-refractivity contribution in [3.8, 4) is 0 Å². The molecule has 7 rings (SSSR count). The standard InChI is InChI=1S/C37H42F3N9O4/c1-46(21-26-7-12-32(45-44-26)48-18-15-33(51)42-36(48)53)27-13-16-47(17-14-27)29-10-11-30-31(20-29)49(28-8-5-23(22-50)6-9-28)35(41-30)43-34(52)24-3-2-4-25(19-24)37(38,39)40/h2-4,7,10-12,19-20,23,27-28,50H,5-6,8-9,13-18,21-22H2,1H3,(H,41,43,52)(H,42,51,53). The summed E-state index contributed by atoms with van der Waals surface area (Å²) in [6.07, 6.45) is 0.628. The van der Waals surface area contributed by atoms with E-state index in [0.717, 1.165) is 80.6 Å². The molecule has 2 aliphatic heterocycles. The van der Waals surface area contributed by atoms with Gasteiger partial charge in [0.1, 0.15) is 0 Å². The third-order valence-corrected chi connectivity index (χ3v) is 10.7. The summed E-state index contributed by atoms with van der Waals surface area (Å²) >= 11 is 0. The minimum atomic E-state index is -4.57. The maximum absolute atomic E-state index is 13.4. The minimum Gasteiger partial charge on any atom is -0.396 e. The molecule has 0 unspecified atom stereocenters. The van der Waals surface area contributed by atoms with Gasteiger partial charge in [-0.05, 0) is 100 Å². The zero-order valence-corrected chi connectivity index (χ0v) is 29.3. The number of amides is 4. The highest BCUT2D eigenvalue weighted by atomic mass is 19.4. The number of fused-ring (bicyclic) bond motifs is 1. The molecule has 3 fully saturated rings. The number of aliphatic hydroxyl groups excluding tert-OH is 1. The van der Waals surface area contributed by atoms with Gasteiger partial charge in [0.05, 0.1) is 22.3 Å². The third kappa shape index (κ3) is 7.98. The van der Waals surface area contributed by atoms with Crippen LogP contribution in [-0.2, 0) is 17.5 Å². The maximum atomic E-state index is 13.4. The average molecular weight is 734 g/mol. The molecule has 0 radical (unpaired) electrons. The Morgan fingerprint density at radius 1 is 0.981 bits per heavy atom. The van der Waals surface area contributed by atoms with Crippen LogP contribution in [0.25, 0.3) is 11.0 Å². The summed E-state index contributed by atoms with van der Waals surface area (Å²) < 4.78 is 42.2. The first-order valence-electron chi connectivity index (χ1n) is 18.0. The largest absolute Gasteiger partial charge is 0.416 e. The Labute approximate surface area is 304 Å². The van der Waals surface area contributed by atoms with Crippen LogP contribution in [0.5, 0.6) is 0 Å². The van der Waals surface area contributed by atoms with E-state index in [4.69, 9.17) is 4.98 Å². The van der Waals surface area contributed by atoms with Crippen LogP contribution in [0.2, 0.25) is 0 Å². The zero-order valence-electron chi connectivity index (χ0n) is 29.3. The maximum Gasteiger partial charge on any atom is 0.416 e. The topological polar surface area (TPSA) is 149 Å². The summed E-state index contributed by atoms with van der Waals surface area (Å²) in [4.78, 5) is 47.7. The number of aliphatic hydroxyl groups is 1. The number of imidazole rings is 1. The first-order valence-corrected chi connectivity index (χ1v) is 18.0. The van der Waals surface area contributed by atoms with Crippen molar-refractivity contribution in [3.63, 3.8) is 0 Å². The molecule has 4 aromatic rings. The molecule has 3 aliphatic rings. The van der Waals surface area contributed by atoms with Crippen LogP contribution >= 0.6 is 0 Å². The predicted molar refractivity (Wildman–Crippen MR) is 191 cm³/mol. The zero-order chi connectivity index (χ0) is 37.3. The number of benzene rings is 2. The Morgan fingerprint density at radius 2 is 1.75 bits per heavy atom. The van der Waals surface area contributed by atoms with E-state index in [1.54, 1.807) is 6.07 Å². The summed E-state index contributed by atoms with van der Waals surface area (Å²) in [6, 6.07) is 13.8. The van der Waals surface area contributed by atoms with Crippen LogP contribution in [0.15, 0.2) is 54.6 Å². The van der Waals surface area contributed by atoms with E-state index in [-0.39, 0.29) is 49.0 Å². The summed E-state index contributed by atoms with van der Waals surface area (Å²) in [5.74, 6) is -0.0743. The second kappa shape index (κ2) is 15.1. The molecule has 0 bridgehead atoms. The van der Waals surface area contributed by atoms with Crippen molar-refractivity contribution in [2.75, 3.05) is 48.4 Å². The van der Waals surface area contributed by atoms with Crippen molar-refractivity contribution in [1.82, 2.24) is 30.0 Å². The number of alkyl halides is 3. The summed E-state index contributed by atoms with van der Waals surface area (Å²) in [5, 5.41) is 23.4. The van der Waals surface area contributed by atoms with E-state index in [1.165, 1.54) is 17.0 Å². The number of anilines is 3. The molecular weight excluding hydrogens is 691 g/mol. The molecule has 4 amide bonds. The Bertz CT molecular complexity index is 1970.